The van der Waals surface area contributed by atoms with E-state index in [1.54, 1.807) is 0 Å². The Morgan fingerprint density at radius 1 is 1.20 bits per heavy atom. The Morgan fingerprint density at radius 3 is 2.73 bits per heavy atom. The van der Waals surface area contributed by atoms with Crippen LogP contribution in [0.5, 0.6) is 0 Å². The predicted molar refractivity (Wildman–Crippen MR) is 56.3 cm³/mol. The van der Waals surface area contributed by atoms with Crippen molar-refractivity contribution in [1.29, 1.82) is 0 Å². The van der Waals surface area contributed by atoms with Gasteiger partial charge in [-0.2, -0.15) is 0 Å². The first-order chi connectivity index (χ1) is 7.33. The molecular weight excluding hydrogens is 186 g/mol. The molecule has 0 bridgehead atoms. The van der Waals surface area contributed by atoms with Crippen LogP contribution in [0.1, 0.15) is 37.8 Å². The maximum absolute atomic E-state index is 5.96. The third-order valence-electron chi connectivity index (χ3n) is 4.52. The molecule has 0 amide bonds. The summed E-state index contributed by atoms with van der Waals surface area (Å²) in [6.07, 6.45) is 9.04. The molecule has 2 saturated carbocycles. The standard InChI is InChI=1S/C13H15NO/c1-2-8-14-10(3-1)13-7-6-12(4-5-12)9-11(13)15-13/h1-3,8,11H,4-7,9H2/t11-,13+/m0/s1. The molecule has 1 aliphatic heterocycles. The van der Waals surface area contributed by atoms with E-state index in [-0.39, 0.29) is 5.60 Å². The summed E-state index contributed by atoms with van der Waals surface area (Å²) in [7, 11) is 0. The van der Waals surface area contributed by atoms with Crippen LogP contribution in [0.3, 0.4) is 0 Å². The van der Waals surface area contributed by atoms with Gasteiger partial charge in [0.05, 0.1) is 11.8 Å². The molecule has 2 heterocycles. The minimum Gasteiger partial charge on any atom is -0.359 e. The molecule has 2 atom stereocenters. The van der Waals surface area contributed by atoms with Gasteiger partial charge in [0.15, 0.2) is 0 Å². The van der Waals surface area contributed by atoms with Gasteiger partial charge in [-0.3, -0.25) is 4.98 Å². The third kappa shape index (κ3) is 1.06. The van der Waals surface area contributed by atoms with E-state index in [1.807, 2.05) is 12.3 Å². The number of epoxide rings is 1. The van der Waals surface area contributed by atoms with Gasteiger partial charge in [0, 0.05) is 6.20 Å². The SMILES string of the molecule is c1ccc([C@]23CCC4(CC4)C[C@@H]2O3)nc1. The molecule has 4 rings (SSSR count). The third-order valence-corrected chi connectivity index (χ3v) is 4.52. The summed E-state index contributed by atoms with van der Waals surface area (Å²) in [6.45, 7) is 0. The van der Waals surface area contributed by atoms with E-state index in [0.717, 1.165) is 5.69 Å². The van der Waals surface area contributed by atoms with Crippen LogP contribution in [0.4, 0.5) is 0 Å². The van der Waals surface area contributed by atoms with Crippen molar-refractivity contribution >= 4 is 0 Å². The lowest BCUT2D eigenvalue weighted by molar-refractivity contribution is 0.275. The van der Waals surface area contributed by atoms with Crippen molar-refractivity contribution in [3.8, 4) is 0 Å². The van der Waals surface area contributed by atoms with E-state index in [9.17, 15) is 0 Å². The molecule has 0 radical (unpaired) electrons. The molecule has 1 saturated heterocycles. The molecule has 1 aromatic rings. The van der Waals surface area contributed by atoms with Crippen LogP contribution in [-0.4, -0.2) is 11.1 Å². The van der Waals surface area contributed by atoms with E-state index >= 15 is 0 Å². The van der Waals surface area contributed by atoms with Crippen molar-refractivity contribution in [2.75, 3.05) is 0 Å². The zero-order chi connectivity index (χ0) is 9.93. The van der Waals surface area contributed by atoms with Gasteiger partial charge >= 0.3 is 0 Å². The summed E-state index contributed by atoms with van der Waals surface area (Å²) in [5, 5.41) is 0. The smallest absolute Gasteiger partial charge is 0.136 e. The number of rotatable bonds is 1. The largest absolute Gasteiger partial charge is 0.359 e. The van der Waals surface area contributed by atoms with Gasteiger partial charge in [-0.15, -0.1) is 0 Å². The van der Waals surface area contributed by atoms with Crippen LogP contribution >= 0.6 is 0 Å². The van der Waals surface area contributed by atoms with Crippen molar-refractivity contribution < 1.29 is 4.74 Å². The normalized spacial score (nSPS) is 39.9. The van der Waals surface area contributed by atoms with Gasteiger partial charge in [-0.05, 0) is 49.7 Å². The van der Waals surface area contributed by atoms with E-state index in [1.165, 1.54) is 32.1 Å². The van der Waals surface area contributed by atoms with Crippen LogP contribution < -0.4 is 0 Å². The quantitative estimate of drug-likeness (QED) is 0.653. The Hall–Kier alpha value is -0.890. The lowest BCUT2D eigenvalue weighted by Gasteiger charge is -2.23. The van der Waals surface area contributed by atoms with Gasteiger partial charge in [0.2, 0.25) is 0 Å². The van der Waals surface area contributed by atoms with E-state index < -0.39 is 0 Å². The second kappa shape index (κ2) is 2.43. The number of pyridine rings is 1. The average molecular weight is 201 g/mol. The summed E-state index contributed by atoms with van der Waals surface area (Å²) in [5.41, 5.74) is 1.87. The Bertz CT molecular complexity index is 398. The maximum atomic E-state index is 5.96. The minimum absolute atomic E-state index is 0.0229. The number of ether oxygens (including phenoxy) is 1. The molecule has 0 N–H and O–H groups in total. The molecule has 3 fully saturated rings. The first kappa shape index (κ1) is 8.28. The molecule has 3 aliphatic rings. The van der Waals surface area contributed by atoms with Gasteiger partial charge in [0.1, 0.15) is 5.60 Å². The summed E-state index contributed by atoms with van der Waals surface area (Å²) >= 11 is 0. The number of hydrogen-bond donors (Lipinski definition) is 0. The highest BCUT2D eigenvalue weighted by Gasteiger charge is 2.66. The Balaban J connectivity index is 1.64. The highest BCUT2D eigenvalue weighted by molar-refractivity contribution is 5.26. The lowest BCUT2D eigenvalue weighted by atomic mass is 9.78. The van der Waals surface area contributed by atoms with E-state index in [2.05, 4.69) is 17.1 Å². The van der Waals surface area contributed by atoms with Gasteiger partial charge in [-0.25, -0.2) is 0 Å². The fourth-order valence-corrected chi connectivity index (χ4v) is 3.19. The van der Waals surface area contributed by atoms with Crippen molar-refractivity contribution in [3.05, 3.63) is 30.1 Å². The number of nitrogens with zero attached hydrogens (tertiary/aromatic N) is 1. The molecule has 1 aromatic heterocycles. The van der Waals surface area contributed by atoms with E-state index in [0.29, 0.717) is 11.5 Å². The van der Waals surface area contributed by atoms with Crippen LogP contribution in [0, 0.1) is 5.41 Å². The second-order valence-electron chi connectivity index (χ2n) is 5.42. The van der Waals surface area contributed by atoms with Crippen molar-refractivity contribution in [3.63, 3.8) is 0 Å². The molecular formula is C13H15NO. The molecule has 1 spiro atoms. The molecule has 0 unspecified atom stereocenters. The first-order valence-electron chi connectivity index (χ1n) is 5.92. The summed E-state index contributed by atoms with van der Waals surface area (Å²) in [4.78, 5) is 4.46. The molecule has 0 aromatic carbocycles. The molecule has 2 nitrogen and oxygen atoms in total. The lowest BCUT2D eigenvalue weighted by Crippen LogP contribution is -2.24. The Kier molecular flexibility index (Phi) is 1.34. The topological polar surface area (TPSA) is 25.4 Å². The summed E-state index contributed by atoms with van der Waals surface area (Å²) in [6, 6.07) is 6.16. The highest BCUT2D eigenvalue weighted by Crippen LogP contribution is 2.66. The molecule has 2 aliphatic carbocycles. The van der Waals surface area contributed by atoms with Crippen LogP contribution in [0.15, 0.2) is 24.4 Å². The van der Waals surface area contributed by atoms with Crippen molar-refractivity contribution in [2.24, 2.45) is 5.41 Å². The zero-order valence-electron chi connectivity index (χ0n) is 8.78. The van der Waals surface area contributed by atoms with Crippen molar-refractivity contribution in [2.45, 2.75) is 43.8 Å². The van der Waals surface area contributed by atoms with Gasteiger partial charge in [0.25, 0.3) is 0 Å². The molecule has 2 heteroatoms. The van der Waals surface area contributed by atoms with Crippen LogP contribution in [0.25, 0.3) is 0 Å². The Morgan fingerprint density at radius 2 is 2.07 bits per heavy atom. The van der Waals surface area contributed by atoms with Gasteiger partial charge < -0.3 is 4.74 Å². The summed E-state index contributed by atoms with van der Waals surface area (Å²) in [5.74, 6) is 0. The fraction of sp³-hybridized carbons (Fsp3) is 0.615. The van der Waals surface area contributed by atoms with E-state index in [4.69, 9.17) is 4.74 Å². The predicted octanol–water partition coefficient (Wildman–Crippen LogP) is 2.64. The van der Waals surface area contributed by atoms with Crippen LogP contribution in [0.2, 0.25) is 0 Å². The number of hydrogen-bond acceptors (Lipinski definition) is 2. The monoisotopic (exact) mass is 201 g/mol. The van der Waals surface area contributed by atoms with Crippen molar-refractivity contribution in [1.82, 2.24) is 4.98 Å². The average Bonchev–Trinajstić information content (AvgIpc) is 3.18. The fourth-order valence-electron chi connectivity index (χ4n) is 3.19. The van der Waals surface area contributed by atoms with Gasteiger partial charge in [-0.1, -0.05) is 6.07 Å². The van der Waals surface area contributed by atoms with Crippen LogP contribution in [-0.2, 0) is 10.3 Å². The molecule has 78 valence electrons. The Labute approximate surface area is 89.7 Å². The number of fused-ring (bicyclic) bond motifs is 1. The molecule has 15 heavy (non-hydrogen) atoms. The second-order valence-corrected chi connectivity index (χ2v) is 5.42. The summed E-state index contributed by atoms with van der Waals surface area (Å²) < 4.78 is 5.96. The first-order valence-corrected chi connectivity index (χ1v) is 5.92. The zero-order valence-corrected chi connectivity index (χ0v) is 8.78. The minimum atomic E-state index is 0.0229. The highest BCUT2D eigenvalue weighted by atomic mass is 16.6. The maximum Gasteiger partial charge on any atom is 0.136 e. The number of aromatic nitrogens is 1.